The summed E-state index contributed by atoms with van der Waals surface area (Å²) in [6.07, 6.45) is -2.20. The Morgan fingerprint density at radius 3 is 2.85 bits per heavy atom. The fourth-order valence-corrected chi connectivity index (χ4v) is 3.01. The van der Waals surface area contributed by atoms with Crippen LogP contribution in [0, 0.1) is 6.92 Å². The molecule has 0 aliphatic carbocycles. The lowest BCUT2D eigenvalue weighted by Crippen LogP contribution is -2.45. The Hall–Kier alpha value is -2.35. The summed E-state index contributed by atoms with van der Waals surface area (Å²) in [4.78, 5) is 14.5. The van der Waals surface area contributed by atoms with Crippen LogP contribution < -0.4 is 0 Å². The zero-order valence-corrected chi connectivity index (χ0v) is 14.6. The minimum atomic E-state index is -4.43. The summed E-state index contributed by atoms with van der Waals surface area (Å²) in [5.74, 6) is -0.178. The summed E-state index contributed by atoms with van der Waals surface area (Å²) < 4.78 is 45.7. The molecule has 1 amide bonds. The number of ether oxygens (including phenoxy) is 1. The maximum atomic E-state index is 12.9. The number of alkyl halides is 3. The van der Waals surface area contributed by atoms with E-state index in [9.17, 15) is 18.0 Å². The molecule has 0 unspecified atom stereocenters. The maximum Gasteiger partial charge on any atom is 0.416 e. The highest BCUT2D eigenvalue weighted by Gasteiger charge is 2.31. The molecular weight excluding hydrogens is 347 g/mol. The first kappa shape index (κ1) is 18.4. The number of hydrogen-bond acceptors (Lipinski definition) is 3. The molecule has 0 spiro atoms. The molecule has 0 radical (unpaired) electrons. The number of aromatic nitrogens is 2. The maximum absolute atomic E-state index is 12.9. The molecule has 8 heteroatoms. The second-order valence-electron chi connectivity index (χ2n) is 6.26. The van der Waals surface area contributed by atoms with Gasteiger partial charge in [-0.3, -0.25) is 4.79 Å². The van der Waals surface area contributed by atoms with Gasteiger partial charge in [-0.25, -0.2) is 4.68 Å². The molecule has 1 aliphatic heterocycles. The monoisotopic (exact) mass is 367 g/mol. The van der Waals surface area contributed by atoms with Gasteiger partial charge in [-0.05, 0) is 31.5 Å². The Labute approximate surface area is 149 Å². The van der Waals surface area contributed by atoms with Crippen molar-refractivity contribution >= 4 is 5.91 Å². The first-order valence-electron chi connectivity index (χ1n) is 8.44. The van der Waals surface area contributed by atoms with Crippen molar-refractivity contribution in [3.63, 3.8) is 0 Å². The number of amides is 1. The lowest BCUT2D eigenvalue weighted by Gasteiger charge is -2.32. The van der Waals surface area contributed by atoms with E-state index in [-0.39, 0.29) is 17.7 Å². The van der Waals surface area contributed by atoms with Gasteiger partial charge in [0, 0.05) is 13.1 Å². The molecule has 140 valence electrons. The number of nitrogens with zero attached hydrogens (tertiary/aromatic N) is 3. The van der Waals surface area contributed by atoms with E-state index in [0.29, 0.717) is 31.0 Å². The van der Waals surface area contributed by atoms with Crippen LogP contribution >= 0.6 is 0 Å². The molecule has 3 rings (SSSR count). The summed E-state index contributed by atoms with van der Waals surface area (Å²) in [5, 5.41) is 4.13. The topological polar surface area (TPSA) is 47.4 Å². The van der Waals surface area contributed by atoms with Gasteiger partial charge in [-0.1, -0.05) is 13.0 Å². The van der Waals surface area contributed by atoms with Crippen LogP contribution in [-0.2, 0) is 10.9 Å². The van der Waals surface area contributed by atoms with Gasteiger partial charge in [-0.15, -0.1) is 0 Å². The zero-order valence-electron chi connectivity index (χ0n) is 14.6. The van der Waals surface area contributed by atoms with E-state index < -0.39 is 11.7 Å². The average molecular weight is 367 g/mol. The molecule has 1 fully saturated rings. The fourth-order valence-electron chi connectivity index (χ4n) is 3.01. The van der Waals surface area contributed by atoms with Crippen molar-refractivity contribution in [3.05, 3.63) is 47.3 Å². The molecule has 5 nitrogen and oxygen atoms in total. The molecule has 2 heterocycles. The largest absolute Gasteiger partial charge is 0.416 e. The van der Waals surface area contributed by atoms with Gasteiger partial charge < -0.3 is 9.64 Å². The van der Waals surface area contributed by atoms with Crippen LogP contribution in [-0.4, -0.2) is 46.4 Å². The predicted octanol–water partition coefficient (Wildman–Crippen LogP) is 3.45. The predicted molar refractivity (Wildman–Crippen MR) is 89.2 cm³/mol. The third kappa shape index (κ3) is 3.60. The molecule has 2 aromatic rings. The van der Waals surface area contributed by atoms with Crippen LogP contribution in [0.2, 0.25) is 0 Å². The SMILES string of the molecule is CC[C@H]1CN(C(=O)c2cnn(-c3cccc(C(F)(F)F)c3)c2C)CCO1. The number of morpholine rings is 1. The molecule has 1 aliphatic rings. The molecule has 1 aromatic heterocycles. The summed E-state index contributed by atoms with van der Waals surface area (Å²) in [6.45, 7) is 5.14. The Kier molecular flexibility index (Phi) is 5.04. The molecule has 1 saturated heterocycles. The van der Waals surface area contributed by atoms with Gasteiger partial charge in [0.25, 0.3) is 5.91 Å². The van der Waals surface area contributed by atoms with Crippen LogP contribution in [0.5, 0.6) is 0 Å². The molecular formula is C18H20F3N3O2. The third-order valence-corrected chi connectivity index (χ3v) is 4.54. The molecule has 1 atom stereocenters. The van der Waals surface area contributed by atoms with Gasteiger partial charge in [0.05, 0.1) is 41.4 Å². The van der Waals surface area contributed by atoms with Gasteiger partial charge >= 0.3 is 6.18 Å². The highest BCUT2D eigenvalue weighted by molar-refractivity contribution is 5.95. The summed E-state index contributed by atoms with van der Waals surface area (Å²) >= 11 is 0. The van der Waals surface area contributed by atoms with Crippen molar-refractivity contribution < 1.29 is 22.7 Å². The van der Waals surface area contributed by atoms with Crippen LogP contribution in [0.25, 0.3) is 5.69 Å². The fraction of sp³-hybridized carbons (Fsp3) is 0.444. The van der Waals surface area contributed by atoms with E-state index in [2.05, 4.69) is 5.10 Å². The minimum Gasteiger partial charge on any atom is -0.375 e. The second-order valence-corrected chi connectivity index (χ2v) is 6.26. The zero-order chi connectivity index (χ0) is 18.9. The molecule has 26 heavy (non-hydrogen) atoms. The number of halogens is 3. The molecule has 1 aromatic carbocycles. The van der Waals surface area contributed by atoms with Crippen LogP contribution in [0.4, 0.5) is 13.2 Å². The van der Waals surface area contributed by atoms with E-state index in [1.165, 1.54) is 23.0 Å². The standard InChI is InChI=1S/C18H20F3N3O2/c1-3-15-11-23(7-8-26-15)17(25)16-10-22-24(12(16)2)14-6-4-5-13(9-14)18(19,20)21/h4-6,9-10,15H,3,7-8,11H2,1-2H3/t15-/m0/s1. The van der Waals surface area contributed by atoms with Gasteiger partial charge in [0.15, 0.2) is 0 Å². The van der Waals surface area contributed by atoms with E-state index in [0.717, 1.165) is 18.6 Å². The third-order valence-electron chi connectivity index (χ3n) is 4.54. The summed E-state index contributed by atoms with van der Waals surface area (Å²) in [6, 6.07) is 4.89. The number of benzene rings is 1. The molecule has 0 N–H and O–H groups in total. The lowest BCUT2D eigenvalue weighted by atomic mass is 10.1. The highest BCUT2D eigenvalue weighted by Crippen LogP contribution is 2.30. The normalized spacial score (nSPS) is 18.2. The van der Waals surface area contributed by atoms with Crippen molar-refractivity contribution in [2.24, 2.45) is 0 Å². The van der Waals surface area contributed by atoms with Gasteiger partial charge in [-0.2, -0.15) is 18.3 Å². The Bertz CT molecular complexity index is 801. The second kappa shape index (κ2) is 7.11. The Morgan fingerprint density at radius 1 is 1.38 bits per heavy atom. The van der Waals surface area contributed by atoms with Crippen LogP contribution in [0.1, 0.15) is 35.0 Å². The lowest BCUT2D eigenvalue weighted by molar-refractivity contribution is -0.137. The molecule has 0 bridgehead atoms. The van der Waals surface area contributed by atoms with E-state index in [4.69, 9.17) is 4.74 Å². The van der Waals surface area contributed by atoms with Crippen molar-refractivity contribution in [3.8, 4) is 5.69 Å². The highest BCUT2D eigenvalue weighted by atomic mass is 19.4. The van der Waals surface area contributed by atoms with Crippen LogP contribution in [0.15, 0.2) is 30.5 Å². The number of carbonyl (C=O) groups excluding carboxylic acids is 1. The van der Waals surface area contributed by atoms with E-state index in [1.54, 1.807) is 11.8 Å². The van der Waals surface area contributed by atoms with Crippen molar-refractivity contribution in [1.82, 2.24) is 14.7 Å². The Morgan fingerprint density at radius 2 is 2.15 bits per heavy atom. The molecule has 0 saturated carbocycles. The first-order valence-corrected chi connectivity index (χ1v) is 8.44. The summed E-state index contributed by atoms with van der Waals surface area (Å²) in [5.41, 5.74) is 0.412. The van der Waals surface area contributed by atoms with Gasteiger partial charge in [0.2, 0.25) is 0 Å². The number of hydrogen-bond donors (Lipinski definition) is 0. The Balaban J connectivity index is 1.87. The smallest absolute Gasteiger partial charge is 0.375 e. The number of carbonyl (C=O) groups is 1. The van der Waals surface area contributed by atoms with Crippen LogP contribution in [0.3, 0.4) is 0 Å². The van der Waals surface area contributed by atoms with Crippen molar-refractivity contribution in [1.29, 1.82) is 0 Å². The van der Waals surface area contributed by atoms with E-state index in [1.807, 2.05) is 6.92 Å². The first-order chi connectivity index (χ1) is 12.3. The van der Waals surface area contributed by atoms with Gasteiger partial charge in [0.1, 0.15) is 0 Å². The summed E-state index contributed by atoms with van der Waals surface area (Å²) in [7, 11) is 0. The van der Waals surface area contributed by atoms with Crippen molar-refractivity contribution in [2.45, 2.75) is 32.5 Å². The number of rotatable bonds is 3. The average Bonchev–Trinajstić information content (AvgIpc) is 3.02. The quantitative estimate of drug-likeness (QED) is 0.835. The minimum absolute atomic E-state index is 0.00604. The van der Waals surface area contributed by atoms with Crippen molar-refractivity contribution in [2.75, 3.05) is 19.7 Å². The van der Waals surface area contributed by atoms with E-state index >= 15 is 0 Å².